The summed E-state index contributed by atoms with van der Waals surface area (Å²) in [4.78, 5) is 28.9. The van der Waals surface area contributed by atoms with Crippen molar-refractivity contribution in [3.8, 4) is 5.75 Å². The van der Waals surface area contributed by atoms with Crippen LogP contribution in [0.5, 0.6) is 5.75 Å². The Morgan fingerprint density at radius 3 is 2.83 bits per heavy atom. The third-order valence-electron chi connectivity index (χ3n) is 3.85. The Hall–Kier alpha value is -2.54. The van der Waals surface area contributed by atoms with Gasteiger partial charge in [0.2, 0.25) is 5.91 Å². The molecule has 0 saturated carbocycles. The van der Waals surface area contributed by atoms with E-state index in [1.807, 2.05) is 41.8 Å². The lowest BCUT2D eigenvalue weighted by Gasteiger charge is -2.20. The maximum absolute atomic E-state index is 12.6. The predicted octanol–water partition coefficient (Wildman–Crippen LogP) is 2.32. The fraction of sp³-hybridized carbons (Fsp3) is 0.294. The molecule has 3 rings (SSSR count). The zero-order chi connectivity index (χ0) is 16.9. The summed E-state index contributed by atoms with van der Waals surface area (Å²) in [5.74, 6) is 0.494. The van der Waals surface area contributed by atoms with Gasteiger partial charge in [0.25, 0.3) is 0 Å². The zero-order valence-corrected chi connectivity index (χ0v) is 14.2. The van der Waals surface area contributed by atoms with Crippen LogP contribution in [0.2, 0.25) is 0 Å². The summed E-state index contributed by atoms with van der Waals surface area (Å²) in [6, 6.07) is 11.1. The van der Waals surface area contributed by atoms with Crippen LogP contribution in [-0.4, -0.2) is 43.6 Å². The molecular formula is C17H19N3O3S. The number of anilines is 1. The smallest absolute Gasteiger partial charge is 0.325 e. The number of carbonyl (C=O) groups excluding carboxylic acids is 2. The van der Waals surface area contributed by atoms with E-state index in [1.54, 1.807) is 28.2 Å². The predicted molar refractivity (Wildman–Crippen MR) is 93.5 cm³/mol. The molecule has 0 unspecified atom stereocenters. The maximum Gasteiger partial charge on any atom is 0.325 e. The van der Waals surface area contributed by atoms with E-state index < -0.39 is 0 Å². The minimum absolute atomic E-state index is 0.0653. The zero-order valence-electron chi connectivity index (χ0n) is 13.4. The first kappa shape index (κ1) is 16.3. The maximum atomic E-state index is 12.6. The van der Waals surface area contributed by atoms with Gasteiger partial charge in [-0.2, -0.15) is 0 Å². The Morgan fingerprint density at radius 2 is 2.08 bits per heavy atom. The first-order valence-corrected chi connectivity index (χ1v) is 8.55. The van der Waals surface area contributed by atoms with Crippen molar-refractivity contribution in [2.24, 2.45) is 0 Å². The van der Waals surface area contributed by atoms with Gasteiger partial charge in [-0.1, -0.05) is 18.2 Å². The summed E-state index contributed by atoms with van der Waals surface area (Å²) in [5, 5.41) is 4.81. The molecule has 126 valence electrons. The number of para-hydroxylation sites is 2. The molecule has 24 heavy (non-hydrogen) atoms. The number of urea groups is 1. The topological polar surface area (TPSA) is 61.9 Å². The van der Waals surface area contributed by atoms with E-state index in [4.69, 9.17) is 4.74 Å². The van der Waals surface area contributed by atoms with Crippen molar-refractivity contribution in [1.29, 1.82) is 0 Å². The Balaban J connectivity index is 1.58. The van der Waals surface area contributed by atoms with Crippen LogP contribution in [0.4, 0.5) is 10.5 Å². The molecule has 2 heterocycles. The number of ether oxygens (including phenoxy) is 1. The second-order valence-electron chi connectivity index (χ2n) is 5.38. The molecule has 0 atom stereocenters. The van der Waals surface area contributed by atoms with Crippen molar-refractivity contribution in [2.45, 2.75) is 6.54 Å². The number of nitrogens with one attached hydrogen (secondary N) is 1. The quantitative estimate of drug-likeness (QED) is 0.874. The minimum atomic E-state index is -0.175. The first-order valence-electron chi connectivity index (χ1n) is 7.67. The molecule has 6 nitrogen and oxygen atoms in total. The Kier molecular flexibility index (Phi) is 5.00. The van der Waals surface area contributed by atoms with Gasteiger partial charge in [-0.25, -0.2) is 4.79 Å². The van der Waals surface area contributed by atoms with Crippen LogP contribution < -0.4 is 15.0 Å². The molecule has 1 fully saturated rings. The van der Waals surface area contributed by atoms with Gasteiger partial charge in [0.1, 0.15) is 12.3 Å². The van der Waals surface area contributed by atoms with Gasteiger partial charge in [0, 0.05) is 18.0 Å². The number of benzene rings is 1. The van der Waals surface area contributed by atoms with Crippen molar-refractivity contribution in [3.05, 3.63) is 46.7 Å². The average Bonchev–Trinajstić information content (AvgIpc) is 3.24. The molecule has 1 aromatic carbocycles. The van der Waals surface area contributed by atoms with Gasteiger partial charge in [0.05, 0.1) is 19.3 Å². The van der Waals surface area contributed by atoms with E-state index in [9.17, 15) is 9.59 Å². The van der Waals surface area contributed by atoms with Crippen LogP contribution in [0, 0.1) is 0 Å². The van der Waals surface area contributed by atoms with Gasteiger partial charge >= 0.3 is 6.03 Å². The molecule has 1 saturated heterocycles. The van der Waals surface area contributed by atoms with Gasteiger partial charge in [-0.3, -0.25) is 9.69 Å². The third kappa shape index (κ3) is 3.51. The third-order valence-corrected chi connectivity index (χ3v) is 4.72. The number of thiophene rings is 1. The highest BCUT2D eigenvalue weighted by Crippen LogP contribution is 2.30. The summed E-state index contributed by atoms with van der Waals surface area (Å²) < 4.78 is 5.31. The van der Waals surface area contributed by atoms with Crippen LogP contribution in [0.1, 0.15) is 4.88 Å². The number of rotatable bonds is 6. The summed E-state index contributed by atoms with van der Waals surface area (Å²) in [6.07, 6.45) is 0. The molecule has 1 N–H and O–H groups in total. The van der Waals surface area contributed by atoms with Gasteiger partial charge in [-0.15, -0.1) is 11.3 Å². The number of hydrogen-bond acceptors (Lipinski definition) is 4. The number of carbonyl (C=O) groups is 2. The van der Waals surface area contributed by atoms with Gasteiger partial charge < -0.3 is 15.0 Å². The van der Waals surface area contributed by atoms with Crippen LogP contribution in [0.15, 0.2) is 41.8 Å². The van der Waals surface area contributed by atoms with E-state index in [-0.39, 0.29) is 18.5 Å². The van der Waals surface area contributed by atoms with Crippen molar-refractivity contribution >= 4 is 29.0 Å². The Bertz CT molecular complexity index is 718. The second kappa shape index (κ2) is 7.35. The molecule has 3 amide bonds. The van der Waals surface area contributed by atoms with Gasteiger partial charge in [-0.05, 0) is 23.6 Å². The fourth-order valence-corrected chi connectivity index (χ4v) is 3.28. The lowest BCUT2D eigenvalue weighted by Crippen LogP contribution is -2.39. The lowest BCUT2D eigenvalue weighted by molar-refractivity contribution is -0.121. The molecule has 0 bridgehead atoms. The minimum Gasteiger partial charge on any atom is -0.495 e. The van der Waals surface area contributed by atoms with Crippen LogP contribution in [0.25, 0.3) is 0 Å². The highest BCUT2D eigenvalue weighted by molar-refractivity contribution is 7.09. The normalized spacial score (nSPS) is 14.1. The molecule has 1 aromatic heterocycles. The number of amides is 3. The number of methoxy groups -OCH3 is 1. The summed E-state index contributed by atoms with van der Waals surface area (Å²) in [5.41, 5.74) is 0.728. The molecule has 1 aliphatic rings. The molecule has 7 heteroatoms. The Labute approximate surface area is 144 Å². The van der Waals surface area contributed by atoms with Crippen LogP contribution in [-0.2, 0) is 11.3 Å². The standard InChI is InChI=1S/C17H19N3O3S/c1-23-15-7-3-2-6-14(15)20-9-8-19(17(20)22)12-16(21)18-11-13-5-4-10-24-13/h2-7,10H,8-9,11-12H2,1H3,(H,18,21). The SMILES string of the molecule is COc1ccccc1N1CCN(CC(=O)NCc2cccs2)C1=O. The second-order valence-corrected chi connectivity index (χ2v) is 6.42. The lowest BCUT2D eigenvalue weighted by atomic mass is 10.2. The summed E-state index contributed by atoms with van der Waals surface area (Å²) in [7, 11) is 1.58. The van der Waals surface area contributed by atoms with Crippen LogP contribution >= 0.6 is 11.3 Å². The van der Waals surface area contributed by atoms with E-state index in [2.05, 4.69) is 5.32 Å². The summed E-state index contributed by atoms with van der Waals surface area (Å²) >= 11 is 1.59. The van der Waals surface area contributed by atoms with Crippen LogP contribution in [0.3, 0.4) is 0 Å². The van der Waals surface area contributed by atoms with Crippen molar-refractivity contribution < 1.29 is 14.3 Å². The van der Waals surface area contributed by atoms with E-state index in [0.717, 1.165) is 10.6 Å². The number of hydrogen-bond donors (Lipinski definition) is 1. The van der Waals surface area contributed by atoms with Crippen molar-refractivity contribution in [1.82, 2.24) is 10.2 Å². The monoisotopic (exact) mass is 345 g/mol. The largest absolute Gasteiger partial charge is 0.495 e. The Morgan fingerprint density at radius 1 is 1.25 bits per heavy atom. The van der Waals surface area contributed by atoms with E-state index in [0.29, 0.717) is 25.4 Å². The summed E-state index contributed by atoms with van der Waals surface area (Å²) in [6.45, 7) is 1.62. The van der Waals surface area contributed by atoms with Crippen molar-refractivity contribution in [2.75, 3.05) is 31.6 Å². The number of nitrogens with zero attached hydrogens (tertiary/aromatic N) is 2. The molecule has 0 radical (unpaired) electrons. The highest BCUT2D eigenvalue weighted by Gasteiger charge is 2.32. The van der Waals surface area contributed by atoms with E-state index >= 15 is 0 Å². The highest BCUT2D eigenvalue weighted by atomic mass is 32.1. The molecule has 2 aromatic rings. The molecule has 0 spiro atoms. The fourth-order valence-electron chi connectivity index (χ4n) is 2.63. The molecular weight excluding hydrogens is 326 g/mol. The average molecular weight is 345 g/mol. The molecule has 0 aliphatic carbocycles. The first-order chi connectivity index (χ1) is 11.7. The molecule has 1 aliphatic heterocycles. The van der Waals surface area contributed by atoms with E-state index in [1.165, 1.54) is 0 Å². The van der Waals surface area contributed by atoms with Gasteiger partial charge in [0.15, 0.2) is 0 Å². The van der Waals surface area contributed by atoms with Crippen molar-refractivity contribution in [3.63, 3.8) is 0 Å².